The molecule has 0 bridgehead atoms. The maximum absolute atomic E-state index is 12.1. The van der Waals surface area contributed by atoms with E-state index in [1.165, 1.54) is 12.7 Å². The molecule has 2 aromatic rings. The van der Waals surface area contributed by atoms with Gasteiger partial charge in [-0.2, -0.15) is 0 Å². The Morgan fingerprint density at radius 2 is 1.68 bits per heavy atom. The van der Waals surface area contributed by atoms with Gasteiger partial charge in [-0.05, 0) is 34.9 Å². The van der Waals surface area contributed by atoms with Crippen LogP contribution < -0.4 is 0 Å². The summed E-state index contributed by atoms with van der Waals surface area (Å²) in [6.45, 7) is 6.58. The Balaban J connectivity index is 2.58. The van der Waals surface area contributed by atoms with Crippen LogP contribution in [0.15, 0.2) is 47.4 Å². The monoisotopic (exact) mass is 314 g/mol. The summed E-state index contributed by atoms with van der Waals surface area (Å²) in [5, 5.41) is 0. The van der Waals surface area contributed by atoms with Crippen LogP contribution in [0.2, 0.25) is 0 Å². The lowest BCUT2D eigenvalue weighted by molar-refractivity contribution is 0.0601. The maximum atomic E-state index is 12.1. The van der Waals surface area contributed by atoms with Crippen molar-refractivity contribution in [2.24, 2.45) is 0 Å². The van der Waals surface area contributed by atoms with Crippen LogP contribution in [-0.4, -0.2) is 19.3 Å². The van der Waals surface area contributed by atoms with Crippen LogP contribution in [0.25, 0.3) is 11.1 Å². The smallest absolute Gasteiger partial charge is 0.338 e. The Morgan fingerprint density at radius 3 is 2.18 bits per heavy atom. The van der Waals surface area contributed by atoms with Crippen LogP contribution in [0.4, 0.5) is 0 Å². The lowest BCUT2D eigenvalue weighted by Gasteiger charge is -2.20. The van der Waals surface area contributed by atoms with Crippen molar-refractivity contribution >= 4 is 17.7 Å². The van der Waals surface area contributed by atoms with Gasteiger partial charge in [0.05, 0.1) is 12.7 Å². The van der Waals surface area contributed by atoms with Gasteiger partial charge in [0.25, 0.3) is 0 Å². The highest BCUT2D eigenvalue weighted by molar-refractivity contribution is 7.98. The summed E-state index contributed by atoms with van der Waals surface area (Å²) < 4.78 is 4.93. The predicted molar refractivity (Wildman–Crippen MR) is 93.7 cm³/mol. The summed E-state index contributed by atoms with van der Waals surface area (Å²) in [5.41, 5.74) is 3.99. The second-order valence-electron chi connectivity index (χ2n) is 6.20. The molecule has 0 saturated heterocycles. The van der Waals surface area contributed by atoms with Gasteiger partial charge in [-0.25, -0.2) is 4.79 Å². The first-order valence-electron chi connectivity index (χ1n) is 7.24. The van der Waals surface area contributed by atoms with Crippen molar-refractivity contribution in [2.75, 3.05) is 13.4 Å². The van der Waals surface area contributed by atoms with Gasteiger partial charge >= 0.3 is 5.97 Å². The van der Waals surface area contributed by atoms with Crippen LogP contribution >= 0.6 is 11.8 Å². The molecule has 0 N–H and O–H groups in total. The second-order valence-corrected chi connectivity index (χ2v) is 7.05. The number of esters is 1. The van der Waals surface area contributed by atoms with Crippen molar-refractivity contribution in [3.05, 3.63) is 53.6 Å². The van der Waals surface area contributed by atoms with E-state index in [4.69, 9.17) is 4.74 Å². The number of hydrogen-bond acceptors (Lipinski definition) is 3. The molecule has 22 heavy (non-hydrogen) atoms. The zero-order valence-electron chi connectivity index (χ0n) is 13.8. The summed E-state index contributed by atoms with van der Waals surface area (Å²) in [5.74, 6) is -0.300. The number of carbonyl (C=O) groups is 1. The van der Waals surface area contributed by atoms with Crippen LogP contribution in [0.3, 0.4) is 0 Å². The highest BCUT2D eigenvalue weighted by Gasteiger charge is 2.18. The Hall–Kier alpha value is -1.74. The van der Waals surface area contributed by atoms with Gasteiger partial charge in [-0.15, -0.1) is 11.8 Å². The molecule has 0 unspecified atom stereocenters. The predicted octanol–water partition coefficient (Wildman–Crippen LogP) is 5.16. The molecule has 0 aliphatic heterocycles. The standard InChI is InChI=1S/C19H22O2S/c1-19(2,3)14-11-9-13(10-12-14)17-15(18(20)21-4)7-6-8-16(17)22-5/h6-12H,1-5H3. The molecule has 0 radical (unpaired) electrons. The molecule has 0 heterocycles. The minimum Gasteiger partial charge on any atom is -0.465 e. The van der Waals surface area contributed by atoms with E-state index in [9.17, 15) is 4.79 Å². The highest BCUT2D eigenvalue weighted by atomic mass is 32.2. The largest absolute Gasteiger partial charge is 0.465 e. The number of ether oxygens (including phenoxy) is 1. The molecule has 116 valence electrons. The molecule has 0 aliphatic carbocycles. The topological polar surface area (TPSA) is 26.3 Å². The fourth-order valence-corrected chi connectivity index (χ4v) is 3.06. The third kappa shape index (κ3) is 3.36. The number of rotatable bonds is 3. The number of hydrogen-bond donors (Lipinski definition) is 0. The maximum Gasteiger partial charge on any atom is 0.338 e. The number of methoxy groups -OCH3 is 1. The minimum absolute atomic E-state index is 0.114. The van der Waals surface area contributed by atoms with Crippen LogP contribution in [0.1, 0.15) is 36.7 Å². The molecule has 0 atom stereocenters. The number of thioether (sulfide) groups is 1. The Kier molecular flexibility index (Phi) is 4.97. The number of benzene rings is 2. The molecule has 2 aromatic carbocycles. The molecular formula is C19H22O2S. The molecule has 0 saturated carbocycles. The summed E-state index contributed by atoms with van der Waals surface area (Å²) in [4.78, 5) is 13.1. The molecule has 0 fully saturated rings. The van der Waals surface area contributed by atoms with Gasteiger partial charge in [-0.3, -0.25) is 0 Å². The quantitative estimate of drug-likeness (QED) is 0.578. The van der Waals surface area contributed by atoms with E-state index < -0.39 is 0 Å². The lowest BCUT2D eigenvalue weighted by atomic mass is 9.86. The van der Waals surface area contributed by atoms with Gasteiger partial charge in [0.1, 0.15) is 0 Å². The Labute approximate surface area is 136 Å². The van der Waals surface area contributed by atoms with Crippen molar-refractivity contribution in [3.8, 4) is 11.1 Å². The Bertz CT molecular complexity index is 667. The third-order valence-electron chi connectivity index (χ3n) is 3.69. The molecule has 0 aromatic heterocycles. The molecule has 0 spiro atoms. The van der Waals surface area contributed by atoms with Crippen molar-refractivity contribution < 1.29 is 9.53 Å². The first-order valence-corrected chi connectivity index (χ1v) is 8.47. The molecule has 2 rings (SSSR count). The Morgan fingerprint density at radius 1 is 1.05 bits per heavy atom. The highest BCUT2D eigenvalue weighted by Crippen LogP contribution is 2.35. The van der Waals surface area contributed by atoms with Crippen molar-refractivity contribution in [3.63, 3.8) is 0 Å². The molecular weight excluding hydrogens is 292 g/mol. The summed E-state index contributed by atoms with van der Waals surface area (Å²) in [6, 6.07) is 14.2. The minimum atomic E-state index is -0.300. The summed E-state index contributed by atoms with van der Waals surface area (Å²) in [6.07, 6.45) is 2.02. The average molecular weight is 314 g/mol. The van der Waals surface area contributed by atoms with Gasteiger partial charge in [0, 0.05) is 10.5 Å². The van der Waals surface area contributed by atoms with E-state index >= 15 is 0 Å². The molecule has 0 amide bonds. The van der Waals surface area contributed by atoms with Crippen LogP contribution in [-0.2, 0) is 10.2 Å². The van der Waals surface area contributed by atoms with Gasteiger partial charge in [-0.1, -0.05) is 51.1 Å². The zero-order valence-corrected chi connectivity index (χ0v) is 14.6. The van der Waals surface area contributed by atoms with Gasteiger partial charge < -0.3 is 4.74 Å². The summed E-state index contributed by atoms with van der Waals surface area (Å²) in [7, 11) is 1.42. The van der Waals surface area contributed by atoms with Gasteiger partial charge in [0.2, 0.25) is 0 Å². The normalized spacial score (nSPS) is 11.3. The van der Waals surface area contributed by atoms with Crippen LogP contribution in [0, 0.1) is 0 Å². The van der Waals surface area contributed by atoms with Crippen molar-refractivity contribution in [1.82, 2.24) is 0 Å². The van der Waals surface area contributed by atoms with Crippen molar-refractivity contribution in [1.29, 1.82) is 0 Å². The fourth-order valence-electron chi connectivity index (χ4n) is 2.42. The molecule has 0 aliphatic rings. The van der Waals surface area contributed by atoms with E-state index in [0.29, 0.717) is 5.56 Å². The number of carbonyl (C=O) groups excluding carboxylic acids is 1. The first kappa shape index (κ1) is 16.6. The van der Waals surface area contributed by atoms with E-state index in [-0.39, 0.29) is 11.4 Å². The third-order valence-corrected chi connectivity index (χ3v) is 4.47. The zero-order chi connectivity index (χ0) is 16.3. The molecule has 3 heteroatoms. The van der Waals surface area contributed by atoms with Crippen LogP contribution in [0.5, 0.6) is 0 Å². The van der Waals surface area contributed by atoms with E-state index in [1.807, 2.05) is 24.5 Å². The first-order chi connectivity index (χ1) is 10.4. The van der Waals surface area contributed by atoms with E-state index in [0.717, 1.165) is 16.0 Å². The fraction of sp³-hybridized carbons (Fsp3) is 0.316. The second kappa shape index (κ2) is 6.57. The van der Waals surface area contributed by atoms with Crippen molar-refractivity contribution in [2.45, 2.75) is 31.1 Å². The SMILES string of the molecule is COC(=O)c1cccc(SC)c1-c1ccc(C(C)(C)C)cc1. The summed E-state index contributed by atoms with van der Waals surface area (Å²) >= 11 is 1.63. The van der Waals surface area contributed by atoms with E-state index in [1.54, 1.807) is 11.8 Å². The van der Waals surface area contributed by atoms with Gasteiger partial charge in [0.15, 0.2) is 0 Å². The molecule has 2 nitrogen and oxygen atoms in total. The van der Waals surface area contributed by atoms with E-state index in [2.05, 4.69) is 45.0 Å². The average Bonchev–Trinajstić information content (AvgIpc) is 2.52. The lowest BCUT2D eigenvalue weighted by Crippen LogP contribution is -2.10.